The highest BCUT2D eigenvalue weighted by Gasteiger charge is 2.37. The molecular formula is C25H25ClN2O5S. The molecule has 1 amide bonds. The number of ether oxygens (including phenoxy) is 2. The van der Waals surface area contributed by atoms with Crippen LogP contribution in [0.1, 0.15) is 11.1 Å². The fourth-order valence-corrected chi connectivity index (χ4v) is 5.18. The zero-order valence-electron chi connectivity index (χ0n) is 18.6. The maximum Gasteiger partial charge on any atom is 0.264 e. The second kappa shape index (κ2) is 10.5. The lowest BCUT2D eigenvalue weighted by atomic mass is 10.2. The maximum atomic E-state index is 13.5. The number of aryl methyl sites for hydroxylation is 1. The number of nitrogens with zero attached hydrogens (tertiary/aromatic N) is 1. The summed E-state index contributed by atoms with van der Waals surface area (Å²) >= 11 is 6.13. The first-order chi connectivity index (χ1) is 16.3. The average Bonchev–Trinajstić information content (AvgIpc) is 2.84. The molecule has 1 N–H and O–H groups in total. The van der Waals surface area contributed by atoms with Crippen LogP contribution in [0.25, 0.3) is 0 Å². The molecule has 178 valence electrons. The summed E-state index contributed by atoms with van der Waals surface area (Å²) in [5, 5.41) is 3.13. The highest BCUT2D eigenvalue weighted by atomic mass is 35.5. The number of rotatable bonds is 8. The Hall–Kier alpha value is -3.07. The second-order valence-electron chi connectivity index (χ2n) is 7.90. The van der Waals surface area contributed by atoms with E-state index >= 15 is 0 Å². The van der Waals surface area contributed by atoms with Crippen LogP contribution in [0.4, 0.5) is 5.69 Å². The monoisotopic (exact) mass is 500 g/mol. The van der Waals surface area contributed by atoms with Crippen molar-refractivity contribution in [3.63, 3.8) is 0 Å². The topological polar surface area (TPSA) is 84.9 Å². The number of amides is 1. The van der Waals surface area contributed by atoms with Crippen LogP contribution < -0.4 is 14.4 Å². The zero-order valence-corrected chi connectivity index (χ0v) is 20.2. The van der Waals surface area contributed by atoms with Crippen molar-refractivity contribution < 1.29 is 22.7 Å². The van der Waals surface area contributed by atoms with Gasteiger partial charge in [0, 0.05) is 11.6 Å². The van der Waals surface area contributed by atoms with Gasteiger partial charge in [0.05, 0.1) is 30.3 Å². The molecule has 1 atom stereocenters. The van der Waals surface area contributed by atoms with Crippen LogP contribution in [0.5, 0.6) is 5.75 Å². The molecule has 0 saturated heterocycles. The van der Waals surface area contributed by atoms with Crippen LogP contribution in [0.2, 0.25) is 5.02 Å². The Morgan fingerprint density at radius 3 is 2.59 bits per heavy atom. The summed E-state index contributed by atoms with van der Waals surface area (Å²) in [6.45, 7) is 2.71. The first-order valence-corrected chi connectivity index (χ1v) is 12.6. The fraction of sp³-hybridized carbons (Fsp3) is 0.240. The normalized spacial score (nSPS) is 15.4. The van der Waals surface area contributed by atoms with Gasteiger partial charge < -0.3 is 14.8 Å². The molecule has 0 bridgehead atoms. The Morgan fingerprint density at radius 1 is 1.12 bits per heavy atom. The Kier molecular flexibility index (Phi) is 7.41. The summed E-state index contributed by atoms with van der Waals surface area (Å²) in [5.41, 5.74) is 2.27. The molecule has 1 aliphatic heterocycles. The first-order valence-electron chi connectivity index (χ1n) is 10.8. The number of fused-ring (bicyclic) bond motifs is 1. The number of halogens is 1. The average molecular weight is 501 g/mol. The molecule has 4 rings (SSSR count). The minimum Gasteiger partial charge on any atom is -0.476 e. The van der Waals surface area contributed by atoms with Crippen molar-refractivity contribution in [2.24, 2.45) is 0 Å². The van der Waals surface area contributed by atoms with E-state index in [9.17, 15) is 13.2 Å². The van der Waals surface area contributed by atoms with E-state index in [0.717, 1.165) is 11.1 Å². The summed E-state index contributed by atoms with van der Waals surface area (Å²) in [5.74, 6) is -0.153. The Bertz CT molecular complexity index is 1250. The predicted octanol–water partition coefficient (Wildman–Crippen LogP) is 3.94. The molecule has 34 heavy (non-hydrogen) atoms. The van der Waals surface area contributed by atoms with Gasteiger partial charge in [0.1, 0.15) is 5.75 Å². The lowest BCUT2D eigenvalue weighted by molar-refractivity contribution is -0.128. The molecule has 3 aromatic carbocycles. The molecule has 0 aromatic heterocycles. The Labute approximate surface area is 204 Å². The molecule has 3 aromatic rings. The van der Waals surface area contributed by atoms with Crippen LogP contribution in [-0.4, -0.2) is 40.1 Å². The maximum absolute atomic E-state index is 13.5. The SMILES string of the molecule is Cc1ccc(S(=O)(=O)N2C[C@@H](C(=O)NCCOCc3ccccc3)Oc3ccc(Cl)cc32)cc1. The minimum absolute atomic E-state index is 0.124. The molecule has 1 heterocycles. The van der Waals surface area contributed by atoms with Gasteiger partial charge in [0.15, 0.2) is 6.10 Å². The van der Waals surface area contributed by atoms with Crippen molar-refractivity contribution in [2.75, 3.05) is 24.0 Å². The third-order valence-corrected chi connectivity index (χ3v) is 7.38. The number of hydrogen-bond acceptors (Lipinski definition) is 5. The van der Waals surface area contributed by atoms with E-state index in [4.69, 9.17) is 21.1 Å². The van der Waals surface area contributed by atoms with E-state index in [2.05, 4.69) is 5.32 Å². The number of benzene rings is 3. The van der Waals surface area contributed by atoms with Gasteiger partial charge in [-0.25, -0.2) is 8.42 Å². The largest absolute Gasteiger partial charge is 0.476 e. The summed E-state index contributed by atoms with van der Waals surface area (Å²) in [6.07, 6.45) is -1.02. The first kappa shape index (κ1) is 24.1. The van der Waals surface area contributed by atoms with Gasteiger partial charge in [0.25, 0.3) is 15.9 Å². The van der Waals surface area contributed by atoms with E-state index in [1.165, 1.54) is 10.4 Å². The number of anilines is 1. The Balaban J connectivity index is 1.45. The molecule has 1 aliphatic rings. The molecule has 9 heteroatoms. The molecule has 0 fully saturated rings. The van der Waals surface area contributed by atoms with E-state index in [1.54, 1.807) is 36.4 Å². The van der Waals surface area contributed by atoms with Gasteiger partial charge >= 0.3 is 0 Å². The molecule has 7 nitrogen and oxygen atoms in total. The quantitative estimate of drug-likeness (QED) is 0.474. The van der Waals surface area contributed by atoms with Gasteiger partial charge in [0.2, 0.25) is 0 Å². The van der Waals surface area contributed by atoms with Crippen molar-refractivity contribution in [1.29, 1.82) is 0 Å². The van der Waals surface area contributed by atoms with Crippen molar-refractivity contribution in [3.8, 4) is 5.75 Å². The number of carbonyl (C=O) groups excluding carboxylic acids is 1. The predicted molar refractivity (Wildman–Crippen MR) is 131 cm³/mol. The summed E-state index contributed by atoms with van der Waals surface area (Å²) in [4.78, 5) is 12.9. The Morgan fingerprint density at radius 2 is 1.85 bits per heavy atom. The van der Waals surface area contributed by atoms with Crippen LogP contribution in [0.15, 0.2) is 77.7 Å². The number of carbonyl (C=O) groups is 1. The van der Waals surface area contributed by atoms with Crippen molar-refractivity contribution in [2.45, 2.75) is 24.5 Å². The van der Waals surface area contributed by atoms with Gasteiger partial charge in [-0.2, -0.15) is 0 Å². The van der Waals surface area contributed by atoms with E-state index in [0.29, 0.717) is 23.9 Å². The highest BCUT2D eigenvalue weighted by molar-refractivity contribution is 7.92. The van der Waals surface area contributed by atoms with Crippen LogP contribution in [0.3, 0.4) is 0 Å². The molecule has 0 unspecified atom stereocenters. The second-order valence-corrected chi connectivity index (χ2v) is 10.2. The number of nitrogens with one attached hydrogen (secondary N) is 1. The van der Waals surface area contributed by atoms with E-state index in [1.807, 2.05) is 37.3 Å². The highest BCUT2D eigenvalue weighted by Crippen LogP contribution is 2.38. The van der Waals surface area contributed by atoms with E-state index in [-0.39, 0.29) is 23.7 Å². The van der Waals surface area contributed by atoms with Crippen LogP contribution >= 0.6 is 11.6 Å². The minimum atomic E-state index is -3.95. The third-order valence-electron chi connectivity index (χ3n) is 5.35. The third kappa shape index (κ3) is 5.52. The van der Waals surface area contributed by atoms with E-state index < -0.39 is 22.0 Å². The van der Waals surface area contributed by atoms with Gasteiger partial charge in [-0.15, -0.1) is 0 Å². The molecule has 0 radical (unpaired) electrons. The summed E-state index contributed by atoms with van der Waals surface area (Å²) < 4.78 is 39.5. The lowest BCUT2D eigenvalue weighted by Crippen LogP contribution is -2.51. The van der Waals surface area contributed by atoms with Crippen molar-refractivity contribution in [1.82, 2.24) is 5.32 Å². The van der Waals surface area contributed by atoms with Gasteiger partial charge in [-0.1, -0.05) is 59.6 Å². The van der Waals surface area contributed by atoms with Crippen molar-refractivity contribution in [3.05, 3.63) is 88.9 Å². The molecule has 0 saturated carbocycles. The smallest absolute Gasteiger partial charge is 0.264 e. The lowest BCUT2D eigenvalue weighted by Gasteiger charge is -2.34. The number of hydrogen-bond donors (Lipinski definition) is 1. The number of sulfonamides is 1. The van der Waals surface area contributed by atoms with Crippen molar-refractivity contribution >= 4 is 33.2 Å². The van der Waals surface area contributed by atoms with Crippen LogP contribution in [0, 0.1) is 6.92 Å². The van der Waals surface area contributed by atoms with Gasteiger partial charge in [-0.3, -0.25) is 9.10 Å². The van der Waals surface area contributed by atoms with Crippen LogP contribution in [-0.2, 0) is 26.2 Å². The summed E-state index contributed by atoms with van der Waals surface area (Å²) in [7, 11) is -3.95. The van der Waals surface area contributed by atoms with Gasteiger partial charge in [-0.05, 0) is 42.8 Å². The fourth-order valence-electron chi connectivity index (χ4n) is 3.55. The molecular weight excluding hydrogens is 476 g/mol. The summed E-state index contributed by atoms with van der Waals surface area (Å²) in [6, 6.07) is 20.9. The zero-order chi connectivity index (χ0) is 24.1. The molecule has 0 spiro atoms. The standard InChI is InChI=1S/C25H25ClN2O5S/c1-18-7-10-21(11-8-18)34(30,31)28-16-24(33-23-12-9-20(26)15-22(23)28)25(29)27-13-14-32-17-19-5-3-2-4-6-19/h2-12,15,24H,13-14,16-17H2,1H3,(H,27,29)/t24-/m0/s1. The molecule has 0 aliphatic carbocycles.